The summed E-state index contributed by atoms with van der Waals surface area (Å²) in [5.74, 6) is -0.0650. The molecule has 1 fully saturated rings. The Morgan fingerprint density at radius 3 is 2.76 bits per heavy atom. The molecule has 3 heteroatoms. The molecule has 0 amide bonds. The number of hydrogen-bond acceptors (Lipinski definition) is 2. The van der Waals surface area contributed by atoms with Crippen molar-refractivity contribution in [3.05, 3.63) is 29.3 Å². The number of carbonyl (C=O) groups is 1. The molecule has 1 aliphatic rings. The van der Waals surface area contributed by atoms with Gasteiger partial charge in [0.25, 0.3) is 0 Å². The van der Waals surface area contributed by atoms with Crippen LogP contribution in [0.1, 0.15) is 35.7 Å². The molecule has 0 spiro atoms. The zero-order valence-corrected chi connectivity index (χ0v) is 10.4. The second kappa shape index (κ2) is 4.78. The maximum atomic E-state index is 10.9. The summed E-state index contributed by atoms with van der Waals surface area (Å²) < 4.78 is 0. The minimum absolute atomic E-state index is 0.379. The van der Waals surface area contributed by atoms with E-state index in [-0.39, 0.29) is 0 Å². The second-order valence-electron chi connectivity index (χ2n) is 4.87. The smallest absolute Gasteiger partial charge is 0.335 e. The third-order valence-corrected chi connectivity index (χ3v) is 3.45. The molecule has 1 N–H and O–H groups in total. The lowest BCUT2D eigenvalue weighted by Crippen LogP contribution is -2.47. The third kappa shape index (κ3) is 2.43. The Hall–Kier alpha value is -1.51. The van der Waals surface area contributed by atoms with Gasteiger partial charge in [0.2, 0.25) is 0 Å². The standard InChI is InChI=1S/C14H19NO2/c1-3-4-11-8-15(9-11)13-7-12(14(16)17)6-5-10(13)2/h5-7,11H,3-4,8-9H2,1-2H3,(H,16,17). The molecule has 0 bridgehead atoms. The molecule has 0 unspecified atom stereocenters. The quantitative estimate of drug-likeness (QED) is 0.869. The highest BCUT2D eigenvalue weighted by atomic mass is 16.4. The highest BCUT2D eigenvalue weighted by Crippen LogP contribution is 2.30. The number of hydrogen-bond donors (Lipinski definition) is 1. The van der Waals surface area contributed by atoms with E-state index in [1.54, 1.807) is 12.1 Å². The van der Waals surface area contributed by atoms with Crippen LogP contribution in [0, 0.1) is 12.8 Å². The molecular formula is C14H19NO2. The Labute approximate surface area is 102 Å². The molecule has 1 aliphatic heterocycles. The lowest BCUT2D eigenvalue weighted by atomic mass is 9.93. The fourth-order valence-corrected chi connectivity index (χ4v) is 2.44. The first-order valence-corrected chi connectivity index (χ1v) is 6.20. The van der Waals surface area contributed by atoms with Gasteiger partial charge < -0.3 is 10.0 Å². The summed E-state index contributed by atoms with van der Waals surface area (Å²) in [6, 6.07) is 5.36. The average molecular weight is 233 g/mol. The van der Waals surface area contributed by atoms with Crippen molar-refractivity contribution < 1.29 is 9.90 Å². The van der Waals surface area contributed by atoms with Crippen LogP contribution in [0.4, 0.5) is 5.69 Å². The van der Waals surface area contributed by atoms with E-state index in [0.29, 0.717) is 5.56 Å². The van der Waals surface area contributed by atoms with Crippen LogP contribution in [0.5, 0.6) is 0 Å². The van der Waals surface area contributed by atoms with Crippen LogP contribution in [-0.4, -0.2) is 24.2 Å². The van der Waals surface area contributed by atoms with Crippen LogP contribution in [-0.2, 0) is 0 Å². The molecule has 92 valence electrons. The van der Waals surface area contributed by atoms with E-state index in [9.17, 15) is 4.79 Å². The fourth-order valence-electron chi connectivity index (χ4n) is 2.44. The summed E-state index contributed by atoms with van der Waals surface area (Å²) in [6.45, 7) is 6.38. The largest absolute Gasteiger partial charge is 0.478 e. The number of anilines is 1. The maximum absolute atomic E-state index is 10.9. The first-order valence-electron chi connectivity index (χ1n) is 6.20. The lowest BCUT2D eigenvalue weighted by Gasteiger charge is -2.42. The molecule has 1 aromatic rings. The molecule has 17 heavy (non-hydrogen) atoms. The van der Waals surface area contributed by atoms with E-state index >= 15 is 0 Å². The van der Waals surface area contributed by atoms with E-state index in [0.717, 1.165) is 30.3 Å². The molecule has 1 heterocycles. The topological polar surface area (TPSA) is 40.5 Å². The fraction of sp³-hybridized carbons (Fsp3) is 0.500. The lowest BCUT2D eigenvalue weighted by molar-refractivity contribution is 0.0697. The normalized spacial score (nSPS) is 15.8. The highest BCUT2D eigenvalue weighted by Gasteiger charge is 2.27. The van der Waals surface area contributed by atoms with Crippen molar-refractivity contribution in [2.75, 3.05) is 18.0 Å². The molecule has 3 nitrogen and oxygen atoms in total. The van der Waals surface area contributed by atoms with Gasteiger partial charge in [-0.05, 0) is 37.0 Å². The van der Waals surface area contributed by atoms with Gasteiger partial charge in [0, 0.05) is 18.8 Å². The zero-order chi connectivity index (χ0) is 12.4. The second-order valence-corrected chi connectivity index (χ2v) is 4.87. The van der Waals surface area contributed by atoms with Gasteiger partial charge in [0.1, 0.15) is 0 Å². The molecule has 0 aromatic heterocycles. The monoisotopic (exact) mass is 233 g/mol. The van der Waals surface area contributed by atoms with Gasteiger partial charge in [-0.3, -0.25) is 0 Å². The average Bonchev–Trinajstić information content (AvgIpc) is 2.24. The van der Waals surface area contributed by atoms with E-state index < -0.39 is 5.97 Å². The molecule has 0 atom stereocenters. The van der Waals surface area contributed by atoms with E-state index in [1.165, 1.54) is 12.8 Å². The Bertz CT molecular complexity index is 422. The van der Waals surface area contributed by atoms with Crippen LogP contribution in [0.2, 0.25) is 0 Å². The van der Waals surface area contributed by atoms with E-state index in [1.807, 2.05) is 13.0 Å². The van der Waals surface area contributed by atoms with Crippen molar-refractivity contribution in [1.82, 2.24) is 0 Å². The molecule has 1 aromatic carbocycles. The molecule has 0 aliphatic carbocycles. The number of benzene rings is 1. The van der Waals surface area contributed by atoms with Crippen LogP contribution < -0.4 is 4.90 Å². The minimum Gasteiger partial charge on any atom is -0.478 e. The van der Waals surface area contributed by atoms with Crippen LogP contribution >= 0.6 is 0 Å². The van der Waals surface area contributed by atoms with Gasteiger partial charge in [0.15, 0.2) is 0 Å². The van der Waals surface area contributed by atoms with Crippen molar-refractivity contribution >= 4 is 11.7 Å². The number of aryl methyl sites for hydroxylation is 1. The van der Waals surface area contributed by atoms with Gasteiger partial charge in [-0.15, -0.1) is 0 Å². The Kier molecular flexibility index (Phi) is 3.36. The van der Waals surface area contributed by atoms with Gasteiger partial charge >= 0.3 is 5.97 Å². The van der Waals surface area contributed by atoms with Gasteiger partial charge in [-0.1, -0.05) is 19.4 Å². The van der Waals surface area contributed by atoms with Gasteiger partial charge in [-0.2, -0.15) is 0 Å². The molecule has 0 radical (unpaired) electrons. The molecule has 1 saturated heterocycles. The number of nitrogens with zero attached hydrogens (tertiary/aromatic N) is 1. The summed E-state index contributed by atoms with van der Waals surface area (Å²) in [6.07, 6.45) is 2.50. The Balaban J connectivity index is 2.11. The van der Waals surface area contributed by atoms with Gasteiger partial charge in [0.05, 0.1) is 5.56 Å². The van der Waals surface area contributed by atoms with E-state index in [4.69, 9.17) is 5.11 Å². The summed E-state index contributed by atoms with van der Waals surface area (Å²) in [7, 11) is 0. The number of carboxylic acids is 1. The highest BCUT2D eigenvalue weighted by molar-refractivity contribution is 5.89. The van der Waals surface area contributed by atoms with Crippen molar-refractivity contribution in [2.24, 2.45) is 5.92 Å². The summed E-state index contributed by atoms with van der Waals surface area (Å²) in [4.78, 5) is 13.2. The Morgan fingerprint density at radius 2 is 2.18 bits per heavy atom. The van der Waals surface area contributed by atoms with Crippen LogP contribution in [0.15, 0.2) is 18.2 Å². The van der Waals surface area contributed by atoms with Crippen molar-refractivity contribution in [3.8, 4) is 0 Å². The van der Waals surface area contributed by atoms with E-state index in [2.05, 4.69) is 11.8 Å². The van der Waals surface area contributed by atoms with Crippen molar-refractivity contribution in [3.63, 3.8) is 0 Å². The van der Waals surface area contributed by atoms with Crippen molar-refractivity contribution in [2.45, 2.75) is 26.7 Å². The number of aromatic carboxylic acids is 1. The maximum Gasteiger partial charge on any atom is 0.335 e. The minimum atomic E-state index is -0.850. The summed E-state index contributed by atoms with van der Waals surface area (Å²) >= 11 is 0. The molecular weight excluding hydrogens is 214 g/mol. The van der Waals surface area contributed by atoms with Gasteiger partial charge in [-0.25, -0.2) is 4.79 Å². The predicted octanol–water partition coefficient (Wildman–Crippen LogP) is 2.93. The first-order chi connectivity index (χ1) is 8.11. The van der Waals surface area contributed by atoms with Crippen LogP contribution in [0.3, 0.4) is 0 Å². The predicted molar refractivity (Wildman–Crippen MR) is 68.7 cm³/mol. The van der Waals surface area contributed by atoms with Crippen molar-refractivity contribution in [1.29, 1.82) is 0 Å². The molecule has 2 rings (SSSR count). The summed E-state index contributed by atoms with van der Waals surface area (Å²) in [5.41, 5.74) is 2.62. The zero-order valence-electron chi connectivity index (χ0n) is 10.4. The molecule has 0 saturated carbocycles. The van der Waals surface area contributed by atoms with Crippen LogP contribution in [0.25, 0.3) is 0 Å². The number of rotatable bonds is 4. The SMILES string of the molecule is CCCC1CN(c2cc(C(=O)O)ccc2C)C1. The Morgan fingerprint density at radius 1 is 1.47 bits per heavy atom. The number of carboxylic acid groups (broad SMARTS) is 1. The first kappa shape index (κ1) is 12.0. The third-order valence-electron chi connectivity index (χ3n) is 3.45. The summed E-state index contributed by atoms with van der Waals surface area (Å²) in [5, 5.41) is 8.99.